The van der Waals surface area contributed by atoms with Gasteiger partial charge in [0.1, 0.15) is 18.6 Å². The van der Waals surface area contributed by atoms with Crippen LogP contribution in [-0.2, 0) is 20.9 Å². The molecule has 0 saturated heterocycles. The molecule has 2 aliphatic heterocycles. The molecule has 0 saturated carbocycles. The Morgan fingerprint density at radius 3 is 2.74 bits per heavy atom. The molecule has 4 rings (SSSR count). The maximum absolute atomic E-state index is 12.1. The largest absolute Gasteiger partial charge is 0.489 e. The van der Waals surface area contributed by atoms with Gasteiger partial charge in [0.15, 0.2) is 0 Å². The van der Waals surface area contributed by atoms with Gasteiger partial charge in [-0.1, -0.05) is 30.3 Å². The molecular weight excluding hydrogens is 294 g/mol. The number of Topliss-reactive ketones (excluding diaryl/α,β-unsaturated/α-hetero) is 1. The van der Waals surface area contributed by atoms with E-state index in [2.05, 4.69) is 5.32 Å². The van der Waals surface area contributed by atoms with E-state index in [1.165, 1.54) is 6.26 Å². The highest BCUT2D eigenvalue weighted by atomic mass is 16.5. The molecule has 2 heterocycles. The molecule has 2 aromatic carbocycles. The van der Waals surface area contributed by atoms with E-state index in [1.807, 2.05) is 42.5 Å². The normalized spacial score (nSPS) is 18.4. The number of rotatable bonds is 3. The Hall–Kier alpha value is -3.08. The summed E-state index contributed by atoms with van der Waals surface area (Å²) in [6.07, 6.45) is 1.30. The fraction of sp³-hybridized carbons (Fsp3) is 0.111. The zero-order valence-corrected chi connectivity index (χ0v) is 12.1. The quantitative estimate of drug-likeness (QED) is 0.698. The van der Waals surface area contributed by atoms with Crippen molar-refractivity contribution in [1.29, 1.82) is 0 Å². The summed E-state index contributed by atoms with van der Waals surface area (Å²) in [5, 5.41) is 3.10. The lowest BCUT2D eigenvalue weighted by Crippen LogP contribution is -2.27. The third-order valence-electron chi connectivity index (χ3n) is 3.93. The summed E-state index contributed by atoms with van der Waals surface area (Å²) in [6, 6.07) is 15.3. The molecule has 0 amide bonds. The van der Waals surface area contributed by atoms with Gasteiger partial charge in [0.25, 0.3) is 5.78 Å². The fourth-order valence-corrected chi connectivity index (χ4v) is 2.79. The van der Waals surface area contributed by atoms with E-state index in [9.17, 15) is 9.59 Å². The molecule has 0 bridgehead atoms. The van der Waals surface area contributed by atoms with E-state index >= 15 is 0 Å². The van der Waals surface area contributed by atoms with E-state index in [-0.39, 0.29) is 0 Å². The van der Waals surface area contributed by atoms with E-state index in [0.29, 0.717) is 18.1 Å². The number of nitrogens with one attached hydrogen (secondary N) is 1. The molecule has 5 nitrogen and oxygen atoms in total. The van der Waals surface area contributed by atoms with Gasteiger partial charge in [-0.3, -0.25) is 4.79 Å². The number of cyclic esters (lactones) is 1. The Labute approximate surface area is 132 Å². The first-order valence-corrected chi connectivity index (χ1v) is 7.25. The Morgan fingerprint density at radius 2 is 1.91 bits per heavy atom. The Balaban J connectivity index is 1.60. The average Bonchev–Trinajstić information content (AvgIpc) is 2.96. The molecule has 2 aliphatic rings. The van der Waals surface area contributed by atoms with Crippen LogP contribution in [0.15, 0.2) is 60.5 Å². The first-order chi connectivity index (χ1) is 11.2. The van der Waals surface area contributed by atoms with Crippen LogP contribution < -0.4 is 10.1 Å². The predicted molar refractivity (Wildman–Crippen MR) is 82.8 cm³/mol. The zero-order chi connectivity index (χ0) is 15.8. The zero-order valence-electron chi connectivity index (χ0n) is 12.1. The van der Waals surface area contributed by atoms with Crippen molar-refractivity contribution in [2.24, 2.45) is 0 Å². The molecule has 0 aromatic heterocycles. The molecule has 2 aromatic rings. The maximum Gasteiger partial charge on any atom is 0.380 e. The van der Waals surface area contributed by atoms with Crippen LogP contribution in [0.2, 0.25) is 0 Å². The number of ketones is 1. The van der Waals surface area contributed by atoms with E-state index in [1.54, 1.807) is 6.07 Å². The number of anilines is 1. The van der Waals surface area contributed by atoms with Crippen molar-refractivity contribution >= 4 is 17.4 Å². The van der Waals surface area contributed by atoms with Crippen molar-refractivity contribution < 1.29 is 19.1 Å². The van der Waals surface area contributed by atoms with Crippen LogP contribution in [0.4, 0.5) is 5.69 Å². The number of carbonyl (C=O) groups excluding carboxylic acids is 2. The lowest BCUT2D eigenvalue weighted by molar-refractivity contribution is -0.151. The lowest BCUT2D eigenvalue weighted by atomic mass is 9.93. The monoisotopic (exact) mass is 307 g/mol. The van der Waals surface area contributed by atoms with Gasteiger partial charge in [-0.05, 0) is 29.3 Å². The van der Waals surface area contributed by atoms with Crippen LogP contribution in [0.3, 0.4) is 0 Å². The van der Waals surface area contributed by atoms with Crippen LogP contribution in [0.1, 0.15) is 17.0 Å². The number of esters is 1. The summed E-state index contributed by atoms with van der Waals surface area (Å²) >= 11 is 0. The topological polar surface area (TPSA) is 64.6 Å². The fourth-order valence-electron chi connectivity index (χ4n) is 2.79. The summed E-state index contributed by atoms with van der Waals surface area (Å²) in [4.78, 5) is 23.5. The van der Waals surface area contributed by atoms with E-state index in [0.717, 1.165) is 16.8 Å². The van der Waals surface area contributed by atoms with Crippen LogP contribution in [0.25, 0.3) is 0 Å². The van der Waals surface area contributed by atoms with Crippen molar-refractivity contribution in [2.45, 2.75) is 12.5 Å². The Bertz CT molecular complexity index is 826. The van der Waals surface area contributed by atoms with Crippen molar-refractivity contribution in [3.8, 4) is 5.75 Å². The lowest BCUT2D eigenvalue weighted by Gasteiger charge is -2.15. The van der Waals surface area contributed by atoms with Gasteiger partial charge < -0.3 is 14.8 Å². The second-order valence-electron chi connectivity index (χ2n) is 5.42. The van der Waals surface area contributed by atoms with Gasteiger partial charge in [-0.25, -0.2) is 4.79 Å². The van der Waals surface area contributed by atoms with Crippen LogP contribution >= 0.6 is 0 Å². The average molecular weight is 307 g/mol. The number of fused-ring (bicyclic) bond motifs is 3. The summed E-state index contributed by atoms with van der Waals surface area (Å²) in [7, 11) is 0. The second-order valence-corrected chi connectivity index (χ2v) is 5.42. The number of carbonyl (C=O) groups is 2. The molecule has 1 N–H and O–H groups in total. The van der Waals surface area contributed by atoms with E-state index in [4.69, 9.17) is 9.47 Å². The van der Waals surface area contributed by atoms with Gasteiger partial charge in [-0.2, -0.15) is 0 Å². The van der Waals surface area contributed by atoms with Crippen molar-refractivity contribution in [1.82, 2.24) is 0 Å². The summed E-state index contributed by atoms with van der Waals surface area (Å²) in [5.41, 5.74) is 3.18. The predicted octanol–water partition coefficient (Wildman–Crippen LogP) is 2.74. The highest BCUT2D eigenvalue weighted by Crippen LogP contribution is 2.42. The van der Waals surface area contributed by atoms with E-state index < -0.39 is 17.7 Å². The molecule has 23 heavy (non-hydrogen) atoms. The molecular formula is C18H13NO4. The second kappa shape index (κ2) is 5.28. The highest BCUT2D eigenvalue weighted by Gasteiger charge is 2.41. The highest BCUT2D eigenvalue weighted by molar-refractivity contribution is 6.38. The molecule has 0 spiro atoms. The third kappa shape index (κ3) is 2.36. The van der Waals surface area contributed by atoms with Crippen molar-refractivity contribution in [2.75, 3.05) is 5.32 Å². The van der Waals surface area contributed by atoms with Crippen molar-refractivity contribution in [3.05, 3.63) is 71.6 Å². The van der Waals surface area contributed by atoms with Crippen LogP contribution in [-0.4, -0.2) is 11.8 Å². The SMILES string of the molecule is O=C1OC=C2Nc3ccc(OCc4ccccc4)cc3C2C1=O. The minimum absolute atomic E-state index is 0.441. The molecule has 1 unspecified atom stereocenters. The molecule has 0 fully saturated rings. The first-order valence-electron chi connectivity index (χ1n) is 7.25. The summed E-state index contributed by atoms with van der Waals surface area (Å²) in [5.74, 6) is -1.35. The number of hydrogen-bond donors (Lipinski definition) is 1. The molecule has 1 atom stereocenters. The van der Waals surface area contributed by atoms with Crippen LogP contribution in [0, 0.1) is 0 Å². The smallest absolute Gasteiger partial charge is 0.380 e. The number of ether oxygens (including phenoxy) is 2. The maximum atomic E-state index is 12.1. The van der Waals surface area contributed by atoms with Gasteiger partial charge in [0.2, 0.25) is 0 Å². The van der Waals surface area contributed by atoms with Gasteiger partial charge in [0, 0.05) is 5.69 Å². The number of hydrogen-bond acceptors (Lipinski definition) is 5. The summed E-state index contributed by atoms with van der Waals surface area (Å²) in [6.45, 7) is 0.441. The third-order valence-corrected chi connectivity index (χ3v) is 3.93. The molecule has 0 aliphatic carbocycles. The molecule has 114 valence electrons. The molecule has 5 heteroatoms. The minimum atomic E-state index is -0.830. The number of allylic oxidation sites excluding steroid dienone is 1. The standard InChI is InChI=1S/C18H13NO4/c20-17-16-13-8-12(22-9-11-4-2-1-3-5-11)6-7-14(13)19-15(16)10-23-18(17)21/h1-8,10,16,19H,9H2. The number of benzene rings is 2. The van der Waals surface area contributed by atoms with Crippen LogP contribution in [0.5, 0.6) is 5.75 Å². The molecule has 0 radical (unpaired) electrons. The first kappa shape index (κ1) is 13.6. The summed E-state index contributed by atoms with van der Waals surface area (Å²) < 4.78 is 10.5. The van der Waals surface area contributed by atoms with Gasteiger partial charge >= 0.3 is 5.97 Å². The Morgan fingerprint density at radius 1 is 1.09 bits per heavy atom. The van der Waals surface area contributed by atoms with Gasteiger partial charge in [-0.15, -0.1) is 0 Å². The minimum Gasteiger partial charge on any atom is -0.489 e. The van der Waals surface area contributed by atoms with Crippen molar-refractivity contribution in [3.63, 3.8) is 0 Å². The van der Waals surface area contributed by atoms with Gasteiger partial charge in [0.05, 0.1) is 11.6 Å². The Kier molecular flexibility index (Phi) is 3.12.